The number of halogens is 2. The molecule has 0 spiro atoms. The van der Waals surface area contributed by atoms with Gasteiger partial charge in [-0.1, -0.05) is 33.6 Å². The first-order valence-corrected chi connectivity index (χ1v) is 9.17. The Labute approximate surface area is 164 Å². The fourth-order valence-corrected chi connectivity index (χ4v) is 3.34. The van der Waals surface area contributed by atoms with Crippen molar-refractivity contribution in [2.75, 3.05) is 6.61 Å². The molecular weight excluding hydrogens is 424 g/mol. The van der Waals surface area contributed by atoms with Gasteiger partial charge >= 0.3 is 5.97 Å². The smallest absolute Gasteiger partial charge is 0.306 e. The van der Waals surface area contributed by atoms with E-state index in [9.17, 15) is 9.59 Å². The number of aliphatic carboxylic acids is 1. The van der Waals surface area contributed by atoms with Crippen molar-refractivity contribution in [1.29, 1.82) is 0 Å². The van der Waals surface area contributed by atoms with Gasteiger partial charge in [-0.15, -0.1) is 0 Å². The molecule has 1 heterocycles. The van der Waals surface area contributed by atoms with Gasteiger partial charge in [0.1, 0.15) is 17.6 Å². The molecule has 1 atom stereocenters. The van der Waals surface area contributed by atoms with E-state index < -0.39 is 12.1 Å². The minimum atomic E-state index is -0.942. The number of Topliss-reactive ketones (excluding diaryl/α,β-unsaturated/α-hetero) is 1. The van der Waals surface area contributed by atoms with Crippen LogP contribution in [0.1, 0.15) is 40.4 Å². The lowest BCUT2D eigenvalue weighted by atomic mass is 9.95. The van der Waals surface area contributed by atoms with Crippen LogP contribution in [0.5, 0.6) is 11.5 Å². The molecule has 0 fully saturated rings. The van der Waals surface area contributed by atoms with E-state index in [0.29, 0.717) is 27.6 Å². The first kappa shape index (κ1) is 18.7. The van der Waals surface area contributed by atoms with Crippen molar-refractivity contribution in [2.24, 2.45) is 0 Å². The van der Waals surface area contributed by atoms with Crippen molar-refractivity contribution in [3.63, 3.8) is 0 Å². The zero-order valence-electron chi connectivity index (χ0n) is 13.9. The number of ketones is 1. The summed E-state index contributed by atoms with van der Waals surface area (Å²) in [6, 6.07) is 8.72. The van der Waals surface area contributed by atoms with E-state index in [0.717, 1.165) is 10.0 Å². The third kappa shape index (κ3) is 3.86. The number of aryl methyl sites for hydroxylation is 1. The number of para-hydroxylation sites is 1. The van der Waals surface area contributed by atoms with E-state index in [1.54, 1.807) is 24.3 Å². The Hall–Kier alpha value is -2.05. The van der Waals surface area contributed by atoms with E-state index >= 15 is 0 Å². The minimum Gasteiger partial charge on any atom is -0.493 e. The number of carboxylic acid groups (broad SMARTS) is 1. The van der Waals surface area contributed by atoms with Gasteiger partial charge in [-0.25, -0.2) is 0 Å². The summed E-state index contributed by atoms with van der Waals surface area (Å²) in [5, 5.41) is 9.19. The highest BCUT2D eigenvalue weighted by Gasteiger charge is 2.31. The van der Waals surface area contributed by atoms with Gasteiger partial charge in [0.15, 0.2) is 5.78 Å². The number of hydrogen-bond donors (Lipinski definition) is 1. The maximum atomic E-state index is 12.5. The van der Waals surface area contributed by atoms with Crippen molar-refractivity contribution in [1.82, 2.24) is 0 Å². The molecule has 3 rings (SSSR count). The minimum absolute atomic E-state index is 0.0237. The molecule has 0 aliphatic carbocycles. The average Bonchev–Trinajstić information content (AvgIpc) is 2.58. The lowest BCUT2D eigenvalue weighted by molar-refractivity contribution is -0.137. The molecule has 0 radical (unpaired) electrons. The quantitative estimate of drug-likeness (QED) is 0.712. The molecular formula is C19H16BrClO5. The highest BCUT2D eigenvalue weighted by molar-refractivity contribution is 9.10. The highest BCUT2D eigenvalue weighted by atomic mass is 79.9. The molecule has 1 aliphatic heterocycles. The van der Waals surface area contributed by atoms with Crippen LogP contribution in [0, 0.1) is 6.92 Å². The van der Waals surface area contributed by atoms with E-state index in [2.05, 4.69) is 15.9 Å². The normalized spacial score (nSPS) is 16.0. The fraction of sp³-hybridized carbons (Fsp3) is 0.263. The number of hydrogen-bond acceptors (Lipinski definition) is 4. The zero-order chi connectivity index (χ0) is 18.8. The molecule has 0 aromatic heterocycles. The van der Waals surface area contributed by atoms with Crippen LogP contribution < -0.4 is 9.47 Å². The first-order valence-electron chi connectivity index (χ1n) is 8.00. The van der Waals surface area contributed by atoms with Gasteiger partial charge in [0.2, 0.25) is 0 Å². The summed E-state index contributed by atoms with van der Waals surface area (Å²) < 4.78 is 12.5. The van der Waals surface area contributed by atoms with E-state index in [1.807, 2.05) is 13.0 Å². The lowest BCUT2D eigenvalue weighted by Gasteiger charge is -2.28. The Morgan fingerprint density at radius 2 is 2.19 bits per heavy atom. The molecule has 1 aliphatic rings. The average molecular weight is 440 g/mol. The van der Waals surface area contributed by atoms with Crippen LogP contribution in [0.4, 0.5) is 0 Å². The summed E-state index contributed by atoms with van der Waals surface area (Å²) in [6.07, 6.45) is -0.519. The molecule has 26 heavy (non-hydrogen) atoms. The molecule has 2 aromatic carbocycles. The molecule has 1 N–H and O–H groups in total. The number of ether oxygens (including phenoxy) is 2. The van der Waals surface area contributed by atoms with Crippen molar-refractivity contribution in [3.8, 4) is 11.5 Å². The predicted molar refractivity (Wildman–Crippen MR) is 100 cm³/mol. The molecule has 0 saturated heterocycles. The predicted octanol–water partition coefficient (Wildman–Crippen LogP) is 4.97. The van der Waals surface area contributed by atoms with Gasteiger partial charge in [0, 0.05) is 10.0 Å². The molecule has 5 nitrogen and oxygen atoms in total. The highest BCUT2D eigenvalue weighted by Crippen LogP contribution is 2.42. The molecule has 0 bridgehead atoms. The first-order chi connectivity index (χ1) is 12.4. The summed E-state index contributed by atoms with van der Waals surface area (Å²) >= 11 is 9.64. The molecule has 0 saturated carbocycles. The molecule has 0 amide bonds. The second kappa shape index (κ2) is 7.68. The van der Waals surface area contributed by atoms with Crippen molar-refractivity contribution >= 4 is 39.3 Å². The van der Waals surface area contributed by atoms with Crippen LogP contribution in [-0.2, 0) is 4.79 Å². The fourth-order valence-electron chi connectivity index (χ4n) is 2.79. The summed E-state index contributed by atoms with van der Waals surface area (Å²) in [6.45, 7) is 1.94. The number of benzene rings is 2. The van der Waals surface area contributed by atoms with E-state index in [1.165, 1.54) is 0 Å². The Morgan fingerprint density at radius 3 is 2.92 bits per heavy atom. The standard InChI is InChI=1S/C19H16BrClO5/c1-10-7-12(16(8-13(10)20)25-6-5-18(23)24)17-9-15(22)11-3-2-4-14(21)19(11)26-17/h2-4,7-8,17H,5-6,9H2,1H3,(H,23,24). The van der Waals surface area contributed by atoms with E-state index in [4.69, 9.17) is 26.2 Å². The second-order valence-electron chi connectivity index (χ2n) is 5.98. The second-order valence-corrected chi connectivity index (χ2v) is 7.24. The Kier molecular flexibility index (Phi) is 5.53. The van der Waals surface area contributed by atoms with Crippen molar-refractivity contribution < 1.29 is 24.2 Å². The van der Waals surface area contributed by atoms with Crippen LogP contribution in [0.15, 0.2) is 34.8 Å². The van der Waals surface area contributed by atoms with Gasteiger partial charge in [-0.3, -0.25) is 9.59 Å². The van der Waals surface area contributed by atoms with Gasteiger partial charge in [-0.2, -0.15) is 0 Å². The summed E-state index contributed by atoms with van der Waals surface area (Å²) in [7, 11) is 0. The zero-order valence-corrected chi connectivity index (χ0v) is 16.3. The van der Waals surface area contributed by atoms with Gasteiger partial charge in [0.25, 0.3) is 0 Å². The van der Waals surface area contributed by atoms with Gasteiger partial charge in [0.05, 0.1) is 30.0 Å². The van der Waals surface area contributed by atoms with E-state index in [-0.39, 0.29) is 25.2 Å². The van der Waals surface area contributed by atoms with Crippen LogP contribution in [-0.4, -0.2) is 23.5 Å². The third-order valence-corrected chi connectivity index (χ3v) is 5.26. The summed E-state index contributed by atoms with van der Waals surface area (Å²) in [4.78, 5) is 23.3. The molecule has 2 aromatic rings. The van der Waals surface area contributed by atoms with Crippen LogP contribution >= 0.6 is 27.5 Å². The van der Waals surface area contributed by atoms with Crippen LogP contribution in [0.25, 0.3) is 0 Å². The molecule has 7 heteroatoms. The topological polar surface area (TPSA) is 72.8 Å². The number of rotatable bonds is 5. The summed E-state index contributed by atoms with van der Waals surface area (Å²) in [5.74, 6) is -0.150. The molecule has 1 unspecified atom stereocenters. The Bertz CT molecular complexity index is 880. The number of carboxylic acids is 1. The summed E-state index contributed by atoms with van der Waals surface area (Å²) in [5.41, 5.74) is 2.11. The SMILES string of the molecule is Cc1cc(C2CC(=O)c3cccc(Cl)c3O2)c(OCCC(=O)O)cc1Br. The number of carbonyl (C=O) groups is 2. The van der Waals surface area contributed by atoms with Gasteiger partial charge < -0.3 is 14.6 Å². The maximum Gasteiger partial charge on any atom is 0.306 e. The largest absolute Gasteiger partial charge is 0.493 e. The van der Waals surface area contributed by atoms with Crippen LogP contribution in [0.2, 0.25) is 5.02 Å². The van der Waals surface area contributed by atoms with Crippen LogP contribution in [0.3, 0.4) is 0 Å². The van der Waals surface area contributed by atoms with Gasteiger partial charge in [-0.05, 0) is 36.8 Å². The number of carbonyl (C=O) groups excluding carboxylic acids is 1. The Morgan fingerprint density at radius 1 is 1.42 bits per heavy atom. The third-order valence-electron chi connectivity index (χ3n) is 4.11. The maximum absolute atomic E-state index is 12.5. The van der Waals surface area contributed by atoms with Crippen molar-refractivity contribution in [3.05, 3.63) is 56.5 Å². The van der Waals surface area contributed by atoms with Crippen molar-refractivity contribution in [2.45, 2.75) is 25.9 Å². The molecule has 136 valence electrons. The number of fused-ring (bicyclic) bond motifs is 1. The monoisotopic (exact) mass is 438 g/mol. The Balaban J connectivity index is 1.95. The lowest BCUT2D eigenvalue weighted by Crippen LogP contribution is -2.21.